The van der Waals surface area contributed by atoms with E-state index in [9.17, 15) is 22.8 Å². The number of hydrogen-bond acceptors (Lipinski definition) is 4. The van der Waals surface area contributed by atoms with Gasteiger partial charge in [0.2, 0.25) is 0 Å². The van der Waals surface area contributed by atoms with E-state index in [1.807, 2.05) is 6.92 Å². The van der Waals surface area contributed by atoms with Crippen molar-refractivity contribution in [2.75, 3.05) is 6.54 Å². The highest BCUT2D eigenvalue weighted by Crippen LogP contribution is 2.41. The summed E-state index contributed by atoms with van der Waals surface area (Å²) >= 11 is 0. The highest BCUT2D eigenvalue weighted by Gasteiger charge is 2.57. The molecule has 0 spiro atoms. The summed E-state index contributed by atoms with van der Waals surface area (Å²) in [4.78, 5) is 30.8. The number of carbonyl (C=O) groups is 2. The molecule has 27 heavy (non-hydrogen) atoms. The third-order valence-electron chi connectivity index (χ3n) is 4.80. The van der Waals surface area contributed by atoms with Crippen LogP contribution in [0.5, 0.6) is 0 Å². The van der Waals surface area contributed by atoms with Gasteiger partial charge >= 0.3 is 6.18 Å². The molecule has 1 aromatic carbocycles. The SMILES string of the molecule is CCCCNC(=O)C1(C(=O)C2CC2)CC(c2ccccc2C(F)(F)F)=NO1. The number of alkyl halides is 3. The number of oxime groups is 1. The zero-order valence-electron chi connectivity index (χ0n) is 14.9. The van der Waals surface area contributed by atoms with E-state index in [-0.39, 0.29) is 23.6 Å². The number of hydrogen-bond donors (Lipinski definition) is 1. The summed E-state index contributed by atoms with van der Waals surface area (Å²) in [5, 5.41) is 6.42. The van der Waals surface area contributed by atoms with Crippen LogP contribution in [0, 0.1) is 5.92 Å². The van der Waals surface area contributed by atoms with Crippen molar-refractivity contribution in [3.63, 3.8) is 0 Å². The minimum Gasteiger partial charge on any atom is -0.370 e. The van der Waals surface area contributed by atoms with E-state index in [1.165, 1.54) is 18.2 Å². The second kappa shape index (κ2) is 7.32. The number of ketones is 1. The Kier molecular flexibility index (Phi) is 5.26. The van der Waals surface area contributed by atoms with E-state index in [4.69, 9.17) is 4.84 Å². The highest BCUT2D eigenvalue weighted by molar-refractivity contribution is 6.17. The lowest BCUT2D eigenvalue weighted by molar-refractivity contribution is -0.157. The summed E-state index contributed by atoms with van der Waals surface area (Å²) in [6, 6.07) is 4.96. The molecule has 0 saturated heterocycles. The van der Waals surface area contributed by atoms with Crippen LogP contribution in [-0.4, -0.2) is 29.5 Å². The third-order valence-corrected chi connectivity index (χ3v) is 4.80. The first-order valence-corrected chi connectivity index (χ1v) is 9.04. The molecule has 1 aliphatic heterocycles. The predicted octanol–water partition coefficient (Wildman–Crippen LogP) is 3.46. The first-order chi connectivity index (χ1) is 12.8. The van der Waals surface area contributed by atoms with Gasteiger partial charge in [0.1, 0.15) is 0 Å². The molecule has 146 valence electrons. The average molecular weight is 382 g/mol. The quantitative estimate of drug-likeness (QED) is 0.580. The third kappa shape index (κ3) is 3.84. The van der Waals surface area contributed by atoms with E-state index in [0.29, 0.717) is 19.4 Å². The molecule has 0 bridgehead atoms. The van der Waals surface area contributed by atoms with Crippen LogP contribution in [-0.2, 0) is 20.6 Å². The second-order valence-corrected chi connectivity index (χ2v) is 6.92. The molecule has 1 N–H and O–H groups in total. The minimum absolute atomic E-state index is 0.0393. The number of benzene rings is 1. The molecule has 1 amide bonds. The van der Waals surface area contributed by atoms with Crippen LogP contribution in [0.25, 0.3) is 0 Å². The average Bonchev–Trinajstić information content (AvgIpc) is 3.38. The highest BCUT2D eigenvalue weighted by atomic mass is 19.4. The molecule has 1 heterocycles. The fraction of sp³-hybridized carbons (Fsp3) is 0.526. The Morgan fingerprint density at radius 3 is 2.63 bits per heavy atom. The van der Waals surface area contributed by atoms with Crippen molar-refractivity contribution >= 4 is 17.4 Å². The number of Topliss-reactive ketones (excluding diaryl/α,β-unsaturated/α-hetero) is 1. The van der Waals surface area contributed by atoms with Gasteiger partial charge in [-0.25, -0.2) is 0 Å². The van der Waals surface area contributed by atoms with Gasteiger partial charge in [-0.1, -0.05) is 36.7 Å². The lowest BCUT2D eigenvalue weighted by Gasteiger charge is -2.24. The number of amides is 1. The van der Waals surface area contributed by atoms with E-state index < -0.39 is 29.0 Å². The zero-order valence-corrected chi connectivity index (χ0v) is 14.9. The summed E-state index contributed by atoms with van der Waals surface area (Å²) in [6.07, 6.45) is -1.99. The monoisotopic (exact) mass is 382 g/mol. The standard InChI is InChI=1S/C19H21F3N2O3/c1-2-3-10-23-17(26)18(16(25)12-8-9-12)11-15(24-27-18)13-6-4-5-7-14(13)19(20,21)22/h4-7,12H,2-3,8-11H2,1H3,(H,23,26). The maximum absolute atomic E-state index is 13.3. The lowest BCUT2D eigenvalue weighted by atomic mass is 9.86. The molecule has 1 unspecified atom stereocenters. The summed E-state index contributed by atoms with van der Waals surface area (Å²) < 4.78 is 39.9. The number of halogens is 3. The van der Waals surface area contributed by atoms with Gasteiger partial charge in [-0.3, -0.25) is 9.59 Å². The van der Waals surface area contributed by atoms with E-state index in [0.717, 1.165) is 18.9 Å². The molecule has 1 aromatic rings. The molecule has 8 heteroatoms. The fourth-order valence-electron chi connectivity index (χ4n) is 3.12. The Labute approximate surface area is 154 Å². The fourth-order valence-corrected chi connectivity index (χ4v) is 3.12. The molecule has 1 saturated carbocycles. The van der Waals surface area contributed by atoms with Gasteiger partial charge < -0.3 is 10.2 Å². The van der Waals surface area contributed by atoms with Crippen molar-refractivity contribution in [2.45, 2.75) is 50.8 Å². The molecular formula is C19H21F3N2O3. The smallest absolute Gasteiger partial charge is 0.370 e. The summed E-state index contributed by atoms with van der Waals surface area (Å²) in [5.74, 6) is -1.33. The Morgan fingerprint density at radius 2 is 2.00 bits per heavy atom. The number of carbonyl (C=O) groups excluding carboxylic acids is 2. The lowest BCUT2D eigenvalue weighted by Crippen LogP contribution is -2.54. The van der Waals surface area contributed by atoms with Crippen molar-refractivity contribution < 1.29 is 27.6 Å². The van der Waals surface area contributed by atoms with Gasteiger partial charge in [0.15, 0.2) is 5.78 Å². The van der Waals surface area contributed by atoms with Gasteiger partial charge in [0.25, 0.3) is 11.5 Å². The summed E-state index contributed by atoms with van der Waals surface area (Å²) in [5.41, 5.74) is -2.95. The molecule has 1 aliphatic carbocycles. The van der Waals surface area contributed by atoms with Gasteiger partial charge in [-0.15, -0.1) is 0 Å². The van der Waals surface area contributed by atoms with Gasteiger partial charge in [0, 0.05) is 18.0 Å². The van der Waals surface area contributed by atoms with Gasteiger partial charge in [-0.05, 0) is 25.3 Å². The van der Waals surface area contributed by atoms with E-state index in [1.54, 1.807) is 0 Å². The van der Waals surface area contributed by atoms with Gasteiger partial charge in [-0.2, -0.15) is 13.2 Å². The number of rotatable bonds is 7. The normalized spacial score (nSPS) is 22.1. The second-order valence-electron chi connectivity index (χ2n) is 6.92. The maximum atomic E-state index is 13.3. The molecule has 0 radical (unpaired) electrons. The van der Waals surface area contributed by atoms with Crippen LogP contribution in [0.2, 0.25) is 0 Å². The van der Waals surface area contributed by atoms with Crippen molar-refractivity contribution in [2.24, 2.45) is 11.1 Å². The first-order valence-electron chi connectivity index (χ1n) is 9.04. The number of nitrogens with zero attached hydrogens (tertiary/aromatic N) is 1. The van der Waals surface area contributed by atoms with E-state index in [2.05, 4.69) is 10.5 Å². The van der Waals surface area contributed by atoms with Crippen molar-refractivity contribution in [1.82, 2.24) is 5.32 Å². The van der Waals surface area contributed by atoms with Crippen LogP contribution in [0.3, 0.4) is 0 Å². The van der Waals surface area contributed by atoms with Crippen molar-refractivity contribution in [3.05, 3.63) is 35.4 Å². The molecule has 1 atom stereocenters. The van der Waals surface area contributed by atoms with Crippen molar-refractivity contribution in [3.8, 4) is 0 Å². The predicted molar refractivity (Wildman–Crippen MR) is 92.1 cm³/mol. The van der Waals surface area contributed by atoms with E-state index >= 15 is 0 Å². The molecule has 5 nitrogen and oxygen atoms in total. The van der Waals surface area contributed by atoms with Crippen molar-refractivity contribution in [1.29, 1.82) is 0 Å². The van der Waals surface area contributed by atoms with Gasteiger partial charge in [0.05, 0.1) is 17.7 Å². The number of unbranched alkanes of at least 4 members (excludes halogenated alkanes) is 1. The molecule has 0 aromatic heterocycles. The Morgan fingerprint density at radius 1 is 1.30 bits per heavy atom. The Bertz CT molecular complexity index is 772. The zero-order chi connectivity index (χ0) is 19.7. The Hall–Kier alpha value is -2.38. The largest absolute Gasteiger partial charge is 0.417 e. The summed E-state index contributed by atoms with van der Waals surface area (Å²) in [6.45, 7) is 2.32. The molecule has 3 rings (SSSR count). The van der Waals surface area contributed by atoms with Crippen LogP contribution in [0.15, 0.2) is 29.4 Å². The molecular weight excluding hydrogens is 361 g/mol. The number of nitrogens with one attached hydrogen (secondary N) is 1. The topological polar surface area (TPSA) is 67.8 Å². The summed E-state index contributed by atoms with van der Waals surface area (Å²) in [7, 11) is 0. The van der Waals surface area contributed by atoms with Crippen LogP contribution in [0.1, 0.15) is 50.2 Å². The van der Waals surface area contributed by atoms with Crippen LogP contribution >= 0.6 is 0 Å². The van der Waals surface area contributed by atoms with Crippen LogP contribution < -0.4 is 5.32 Å². The molecule has 1 fully saturated rings. The molecule has 2 aliphatic rings. The maximum Gasteiger partial charge on any atom is 0.417 e. The Balaban J connectivity index is 1.88. The minimum atomic E-state index is -4.58. The van der Waals surface area contributed by atoms with Crippen LogP contribution in [0.4, 0.5) is 13.2 Å². The first kappa shape index (κ1) is 19.4.